The van der Waals surface area contributed by atoms with Gasteiger partial charge in [0.05, 0.1) is 5.52 Å². The normalized spacial score (nSPS) is 17.8. The highest BCUT2D eigenvalue weighted by atomic mass is 16.2. The molecule has 4 rings (SSSR count). The molecular weight excluding hydrogens is 314 g/mol. The van der Waals surface area contributed by atoms with E-state index in [-0.39, 0.29) is 11.8 Å². The van der Waals surface area contributed by atoms with E-state index in [9.17, 15) is 4.79 Å². The van der Waals surface area contributed by atoms with Crippen LogP contribution < -0.4 is 5.73 Å². The van der Waals surface area contributed by atoms with Crippen molar-refractivity contribution in [3.8, 4) is 5.69 Å². The molecule has 1 aliphatic rings. The van der Waals surface area contributed by atoms with Crippen LogP contribution in [-0.4, -0.2) is 38.4 Å². The first kappa shape index (κ1) is 15.6. The number of aromatic nitrogens is 3. The number of carbonyl (C=O) groups excluding carboxylic acids is 1. The van der Waals surface area contributed by atoms with Gasteiger partial charge in [0.1, 0.15) is 11.8 Å². The zero-order valence-corrected chi connectivity index (χ0v) is 14.2. The van der Waals surface area contributed by atoms with Gasteiger partial charge in [-0.3, -0.25) is 4.79 Å². The number of piperidine rings is 1. The number of amides is 1. The molecule has 1 aromatic carbocycles. The molecule has 0 saturated carbocycles. The number of likely N-dealkylation sites (tertiary alicyclic amines) is 1. The van der Waals surface area contributed by atoms with Gasteiger partial charge in [-0.2, -0.15) is 0 Å². The molecule has 3 aromatic rings. The first-order valence-corrected chi connectivity index (χ1v) is 8.57. The van der Waals surface area contributed by atoms with Crippen molar-refractivity contribution in [2.45, 2.75) is 25.7 Å². The Morgan fingerprint density at radius 1 is 1.24 bits per heavy atom. The molecule has 1 unspecified atom stereocenters. The molecule has 2 aromatic heterocycles. The van der Waals surface area contributed by atoms with E-state index >= 15 is 0 Å². The van der Waals surface area contributed by atoms with Crippen LogP contribution in [0.3, 0.4) is 0 Å². The van der Waals surface area contributed by atoms with E-state index in [1.165, 1.54) is 6.33 Å². The lowest BCUT2D eigenvalue weighted by atomic mass is 9.91. The first-order chi connectivity index (χ1) is 12.1. The minimum absolute atomic E-state index is 0.130. The standard InChI is InChI=1S/C19H21N5O/c1-13(25)23-9-5-6-14(10-23)16-11-24(15-7-3-2-4-8-15)18-17(16)21-12-22-19(18)20/h2-4,7-8,11-12,14H,5-6,9-10H2,1H3,(H2,20,21,22). The molecule has 0 bridgehead atoms. The van der Waals surface area contributed by atoms with E-state index in [0.717, 1.165) is 48.2 Å². The summed E-state index contributed by atoms with van der Waals surface area (Å²) in [7, 11) is 0. The van der Waals surface area contributed by atoms with Gasteiger partial charge in [0.2, 0.25) is 5.91 Å². The Morgan fingerprint density at radius 3 is 2.80 bits per heavy atom. The van der Waals surface area contributed by atoms with Crippen LogP contribution in [-0.2, 0) is 4.79 Å². The Hall–Kier alpha value is -2.89. The number of anilines is 1. The third-order valence-corrected chi connectivity index (χ3v) is 4.97. The second-order valence-electron chi connectivity index (χ2n) is 6.55. The fraction of sp³-hybridized carbons (Fsp3) is 0.316. The summed E-state index contributed by atoms with van der Waals surface area (Å²) < 4.78 is 2.06. The summed E-state index contributed by atoms with van der Waals surface area (Å²) in [6.45, 7) is 3.20. The molecule has 0 radical (unpaired) electrons. The fourth-order valence-corrected chi connectivity index (χ4v) is 3.71. The molecule has 6 nitrogen and oxygen atoms in total. The number of hydrogen-bond donors (Lipinski definition) is 1. The van der Waals surface area contributed by atoms with Gasteiger partial charge in [0.15, 0.2) is 5.82 Å². The van der Waals surface area contributed by atoms with Gasteiger partial charge in [0, 0.05) is 43.4 Å². The Morgan fingerprint density at radius 2 is 2.04 bits per heavy atom. The zero-order chi connectivity index (χ0) is 17.4. The SMILES string of the molecule is CC(=O)N1CCCC(c2cn(-c3ccccc3)c3c(N)ncnc23)C1. The van der Waals surface area contributed by atoms with Gasteiger partial charge in [-0.25, -0.2) is 9.97 Å². The lowest BCUT2D eigenvalue weighted by Crippen LogP contribution is -2.37. The largest absolute Gasteiger partial charge is 0.382 e. The van der Waals surface area contributed by atoms with Crippen LogP contribution in [0.15, 0.2) is 42.9 Å². The van der Waals surface area contributed by atoms with Crippen LogP contribution in [0.5, 0.6) is 0 Å². The highest BCUT2D eigenvalue weighted by molar-refractivity contribution is 5.90. The number of para-hydroxylation sites is 1. The number of benzene rings is 1. The molecule has 0 aliphatic carbocycles. The predicted molar refractivity (Wildman–Crippen MR) is 97.5 cm³/mol. The highest BCUT2D eigenvalue weighted by Gasteiger charge is 2.27. The van der Waals surface area contributed by atoms with Crippen LogP contribution in [0.2, 0.25) is 0 Å². The van der Waals surface area contributed by atoms with Gasteiger partial charge in [-0.15, -0.1) is 0 Å². The van der Waals surface area contributed by atoms with Crippen LogP contribution in [0, 0.1) is 0 Å². The van der Waals surface area contributed by atoms with Gasteiger partial charge in [-0.1, -0.05) is 18.2 Å². The summed E-state index contributed by atoms with van der Waals surface area (Å²) in [5, 5.41) is 0. The van der Waals surface area contributed by atoms with Crippen molar-refractivity contribution in [2.75, 3.05) is 18.8 Å². The second-order valence-corrected chi connectivity index (χ2v) is 6.55. The summed E-state index contributed by atoms with van der Waals surface area (Å²) in [5.74, 6) is 0.865. The van der Waals surface area contributed by atoms with Crippen molar-refractivity contribution in [1.82, 2.24) is 19.4 Å². The molecule has 2 N–H and O–H groups in total. The monoisotopic (exact) mass is 335 g/mol. The van der Waals surface area contributed by atoms with Crippen molar-refractivity contribution in [1.29, 1.82) is 0 Å². The minimum atomic E-state index is 0.130. The van der Waals surface area contributed by atoms with Crippen LogP contribution in [0.1, 0.15) is 31.2 Å². The number of hydrogen-bond acceptors (Lipinski definition) is 4. The average Bonchev–Trinajstić information content (AvgIpc) is 3.04. The number of carbonyl (C=O) groups is 1. The molecule has 25 heavy (non-hydrogen) atoms. The summed E-state index contributed by atoms with van der Waals surface area (Å²) >= 11 is 0. The molecule has 1 atom stereocenters. The molecule has 128 valence electrons. The first-order valence-electron chi connectivity index (χ1n) is 8.57. The summed E-state index contributed by atoms with van der Waals surface area (Å²) in [6.07, 6.45) is 5.67. The maximum atomic E-state index is 11.8. The molecule has 1 amide bonds. The number of nitrogens with zero attached hydrogens (tertiary/aromatic N) is 4. The molecule has 1 aliphatic heterocycles. The van der Waals surface area contributed by atoms with Gasteiger partial charge in [0.25, 0.3) is 0 Å². The van der Waals surface area contributed by atoms with E-state index in [1.807, 2.05) is 35.2 Å². The maximum absolute atomic E-state index is 11.8. The molecule has 6 heteroatoms. The minimum Gasteiger partial charge on any atom is -0.382 e. The number of nitrogen functional groups attached to an aromatic ring is 1. The van der Waals surface area contributed by atoms with E-state index in [0.29, 0.717) is 5.82 Å². The zero-order valence-electron chi connectivity index (χ0n) is 14.2. The van der Waals surface area contributed by atoms with Crippen LogP contribution in [0.25, 0.3) is 16.7 Å². The lowest BCUT2D eigenvalue weighted by molar-refractivity contribution is -0.130. The van der Waals surface area contributed by atoms with E-state index in [4.69, 9.17) is 5.73 Å². The third-order valence-electron chi connectivity index (χ3n) is 4.97. The van der Waals surface area contributed by atoms with Crippen LogP contribution >= 0.6 is 0 Å². The fourth-order valence-electron chi connectivity index (χ4n) is 3.71. The molecule has 1 fully saturated rings. The Kier molecular flexibility index (Phi) is 3.87. The van der Waals surface area contributed by atoms with Crippen molar-refractivity contribution in [3.63, 3.8) is 0 Å². The van der Waals surface area contributed by atoms with Gasteiger partial charge < -0.3 is 15.2 Å². The smallest absolute Gasteiger partial charge is 0.219 e. The molecule has 3 heterocycles. The lowest BCUT2D eigenvalue weighted by Gasteiger charge is -2.31. The average molecular weight is 335 g/mol. The van der Waals surface area contributed by atoms with Crippen LogP contribution in [0.4, 0.5) is 5.82 Å². The number of nitrogens with two attached hydrogens (primary N) is 1. The molecule has 1 saturated heterocycles. The number of rotatable bonds is 2. The van der Waals surface area contributed by atoms with Gasteiger partial charge in [-0.05, 0) is 25.0 Å². The van der Waals surface area contributed by atoms with Gasteiger partial charge >= 0.3 is 0 Å². The maximum Gasteiger partial charge on any atom is 0.219 e. The third kappa shape index (κ3) is 2.73. The topological polar surface area (TPSA) is 77.0 Å². The van der Waals surface area contributed by atoms with E-state index < -0.39 is 0 Å². The summed E-state index contributed by atoms with van der Waals surface area (Å²) in [5.41, 5.74) is 10.1. The van der Waals surface area contributed by atoms with E-state index in [1.54, 1.807) is 6.92 Å². The quantitative estimate of drug-likeness (QED) is 0.781. The Labute approximate surface area is 146 Å². The Balaban J connectivity index is 1.85. The van der Waals surface area contributed by atoms with E-state index in [2.05, 4.69) is 20.7 Å². The number of fused-ring (bicyclic) bond motifs is 1. The molecule has 0 spiro atoms. The summed E-state index contributed by atoms with van der Waals surface area (Å²) in [4.78, 5) is 22.4. The van der Waals surface area contributed by atoms with Crippen molar-refractivity contribution < 1.29 is 4.79 Å². The van der Waals surface area contributed by atoms with Crippen molar-refractivity contribution in [2.24, 2.45) is 0 Å². The predicted octanol–water partition coefficient (Wildman–Crippen LogP) is 2.73. The van der Waals surface area contributed by atoms with Crippen molar-refractivity contribution >= 4 is 22.8 Å². The Bertz CT molecular complexity index is 918. The second kappa shape index (κ2) is 6.20. The molecular formula is C19H21N5O. The summed E-state index contributed by atoms with van der Waals surface area (Å²) in [6, 6.07) is 10.1. The van der Waals surface area contributed by atoms with Crippen molar-refractivity contribution in [3.05, 3.63) is 48.4 Å². The highest BCUT2D eigenvalue weighted by Crippen LogP contribution is 2.35.